The summed E-state index contributed by atoms with van der Waals surface area (Å²) in [6.45, 7) is 1.20. The molecule has 0 spiro atoms. The molecule has 2 aromatic carbocycles. The molecule has 0 aliphatic carbocycles. The SMILES string of the molecule is CN(Cc1ccccc1)C(=O)CCCCCN1C(=O)/C(=C/c2ccc(Cl)cc2)SC1=S. The van der Waals surface area contributed by atoms with Crippen molar-refractivity contribution >= 4 is 57.8 Å². The topological polar surface area (TPSA) is 40.6 Å². The largest absolute Gasteiger partial charge is 0.341 e. The second kappa shape index (κ2) is 11.5. The summed E-state index contributed by atoms with van der Waals surface area (Å²) in [5.41, 5.74) is 2.04. The number of thioether (sulfide) groups is 1. The standard InChI is InChI=1S/C24H25ClN2O2S2/c1-26(17-19-8-4-2-5-9-19)22(28)10-6-3-7-15-27-23(29)21(31-24(27)30)16-18-11-13-20(25)14-12-18/h2,4-5,8-9,11-14,16H,3,6-7,10,15,17H2,1H3/b21-16-. The normalized spacial score (nSPS) is 15.0. The average molecular weight is 473 g/mol. The molecule has 1 fully saturated rings. The zero-order chi connectivity index (χ0) is 22.2. The number of hydrogen-bond donors (Lipinski definition) is 0. The van der Waals surface area contributed by atoms with Gasteiger partial charge >= 0.3 is 0 Å². The maximum absolute atomic E-state index is 12.7. The molecule has 0 unspecified atom stereocenters. The first kappa shape index (κ1) is 23.5. The summed E-state index contributed by atoms with van der Waals surface area (Å²) in [6, 6.07) is 17.3. The number of halogens is 1. The van der Waals surface area contributed by atoms with Gasteiger partial charge in [0.1, 0.15) is 4.32 Å². The van der Waals surface area contributed by atoms with E-state index in [2.05, 4.69) is 0 Å². The van der Waals surface area contributed by atoms with Gasteiger partial charge in [0, 0.05) is 31.6 Å². The van der Waals surface area contributed by atoms with Crippen molar-refractivity contribution in [2.75, 3.05) is 13.6 Å². The predicted molar refractivity (Wildman–Crippen MR) is 133 cm³/mol. The molecule has 4 nitrogen and oxygen atoms in total. The lowest BCUT2D eigenvalue weighted by Gasteiger charge is -2.17. The van der Waals surface area contributed by atoms with E-state index in [9.17, 15) is 9.59 Å². The summed E-state index contributed by atoms with van der Waals surface area (Å²) < 4.78 is 0.587. The highest BCUT2D eigenvalue weighted by atomic mass is 35.5. The lowest BCUT2D eigenvalue weighted by atomic mass is 10.1. The minimum Gasteiger partial charge on any atom is -0.341 e. The molecule has 0 bridgehead atoms. The Morgan fingerprint density at radius 2 is 1.81 bits per heavy atom. The lowest BCUT2D eigenvalue weighted by Crippen LogP contribution is -2.29. The van der Waals surface area contributed by atoms with Gasteiger partial charge in [0.15, 0.2) is 0 Å². The fourth-order valence-electron chi connectivity index (χ4n) is 3.26. The maximum Gasteiger partial charge on any atom is 0.266 e. The van der Waals surface area contributed by atoms with Crippen molar-refractivity contribution in [3.8, 4) is 0 Å². The third-order valence-electron chi connectivity index (χ3n) is 5.00. The third kappa shape index (κ3) is 6.92. The van der Waals surface area contributed by atoms with Crippen molar-refractivity contribution in [3.05, 3.63) is 75.7 Å². The zero-order valence-electron chi connectivity index (χ0n) is 17.4. The monoisotopic (exact) mass is 472 g/mol. The van der Waals surface area contributed by atoms with Crippen LogP contribution < -0.4 is 0 Å². The molecule has 0 aromatic heterocycles. The van der Waals surface area contributed by atoms with Gasteiger partial charge in [-0.1, -0.05) is 84.5 Å². The van der Waals surface area contributed by atoms with Crippen LogP contribution in [0.2, 0.25) is 5.02 Å². The fourth-order valence-corrected chi connectivity index (χ4v) is 4.70. The van der Waals surface area contributed by atoms with E-state index in [-0.39, 0.29) is 11.8 Å². The molecular formula is C24H25ClN2O2S2. The Morgan fingerprint density at radius 3 is 2.52 bits per heavy atom. The number of rotatable bonds is 9. The van der Waals surface area contributed by atoms with Crippen LogP contribution in [0.5, 0.6) is 0 Å². The summed E-state index contributed by atoms with van der Waals surface area (Å²) in [7, 11) is 1.84. The molecule has 0 atom stereocenters. The molecule has 1 aliphatic heterocycles. The van der Waals surface area contributed by atoms with Gasteiger partial charge in [-0.2, -0.15) is 0 Å². The summed E-state index contributed by atoms with van der Waals surface area (Å²) in [6.07, 6.45) is 4.84. The second-order valence-electron chi connectivity index (χ2n) is 7.43. The number of thiocarbonyl (C=S) groups is 1. The van der Waals surface area contributed by atoms with E-state index < -0.39 is 0 Å². The Labute approximate surface area is 198 Å². The third-order valence-corrected chi connectivity index (χ3v) is 6.63. The van der Waals surface area contributed by atoms with E-state index in [1.165, 1.54) is 11.8 Å². The van der Waals surface area contributed by atoms with Gasteiger partial charge in [0.05, 0.1) is 4.91 Å². The summed E-state index contributed by atoms with van der Waals surface area (Å²) in [5.74, 6) is 0.0870. The van der Waals surface area contributed by atoms with Crippen LogP contribution >= 0.6 is 35.6 Å². The van der Waals surface area contributed by atoms with E-state index in [1.807, 2.05) is 55.6 Å². The highest BCUT2D eigenvalue weighted by Gasteiger charge is 2.31. The van der Waals surface area contributed by atoms with Crippen LogP contribution in [0.25, 0.3) is 6.08 Å². The molecule has 0 N–H and O–H groups in total. The molecule has 0 saturated carbocycles. The molecule has 1 saturated heterocycles. The van der Waals surface area contributed by atoms with Crippen LogP contribution in [0.3, 0.4) is 0 Å². The highest BCUT2D eigenvalue weighted by molar-refractivity contribution is 8.26. The Kier molecular flexibility index (Phi) is 8.69. The van der Waals surface area contributed by atoms with Gasteiger partial charge in [0.25, 0.3) is 5.91 Å². The van der Waals surface area contributed by atoms with Crippen molar-refractivity contribution in [3.63, 3.8) is 0 Å². The first-order chi connectivity index (χ1) is 14.9. The number of hydrogen-bond acceptors (Lipinski definition) is 4. The first-order valence-corrected chi connectivity index (χ1v) is 11.8. The van der Waals surface area contributed by atoms with Crippen LogP contribution in [-0.4, -0.2) is 39.5 Å². The maximum atomic E-state index is 12.7. The van der Waals surface area contributed by atoms with Crippen molar-refractivity contribution < 1.29 is 9.59 Å². The minimum absolute atomic E-state index is 0.0522. The van der Waals surface area contributed by atoms with Gasteiger partial charge in [0.2, 0.25) is 5.91 Å². The first-order valence-electron chi connectivity index (χ1n) is 10.2. The van der Waals surface area contributed by atoms with E-state index >= 15 is 0 Å². The van der Waals surface area contributed by atoms with Crippen molar-refractivity contribution in [1.29, 1.82) is 0 Å². The predicted octanol–water partition coefficient (Wildman–Crippen LogP) is 5.76. The number of carbonyl (C=O) groups is 2. The molecule has 2 aromatic rings. The van der Waals surface area contributed by atoms with Gasteiger partial charge in [-0.3, -0.25) is 14.5 Å². The molecular weight excluding hydrogens is 448 g/mol. The molecule has 162 valence electrons. The number of amides is 2. The van der Waals surface area contributed by atoms with Gasteiger partial charge in [-0.15, -0.1) is 0 Å². The van der Waals surface area contributed by atoms with Crippen LogP contribution in [-0.2, 0) is 16.1 Å². The molecule has 3 rings (SSSR count). The Bertz CT molecular complexity index is 961. The molecule has 1 heterocycles. The smallest absolute Gasteiger partial charge is 0.266 e. The summed E-state index contributed by atoms with van der Waals surface area (Å²) in [5, 5.41) is 0.662. The van der Waals surface area contributed by atoms with Crippen molar-refractivity contribution in [2.24, 2.45) is 0 Å². The lowest BCUT2D eigenvalue weighted by molar-refractivity contribution is -0.130. The van der Waals surface area contributed by atoms with E-state index in [0.717, 1.165) is 30.4 Å². The van der Waals surface area contributed by atoms with Gasteiger partial charge in [-0.05, 0) is 42.2 Å². The zero-order valence-corrected chi connectivity index (χ0v) is 19.8. The minimum atomic E-state index is -0.0522. The van der Waals surface area contributed by atoms with Gasteiger partial charge in [-0.25, -0.2) is 0 Å². The second-order valence-corrected chi connectivity index (χ2v) is 9.54. The Hall–Kier alpha value is -2.15. The van der Waals surface area contributed by atoms with E-state index in [0.29, 0.717) is 33.8 Å². The number of nitrogens with zero attached hydrogens (tertiary/aromatic N) is 2. The molecule has 31 heavy (non-hydrogen) atoms. The number of unbranched alkanes of at least 4 members (excludes halogenated alkanes) is 2. The van der Waals surface area contributed by atoms with Crippen LogP contribution in [0.1, 0.15) is 36.8 Å². The Morgan fingerprint density at radius 1 is 1.10 bits per heavy atom. The van der Waals surface area contributed by atoms with Crippen LogP contribution in [0.15, 0.2) is 59.5 Å². The van der Waals surface area contributed by atoms with E-state index in [1.54, 1.807) is 21.9 Å². The average Bonchev–Trinajstić information content (AvgIpc) is 3.02. The van der Waals surface area contributed by atoms with E-state index in [4.69, 9.17) is 23.8 Å². The molecule has 1 aliphatic rings. The van der Waals surface area contributed by atoms with Crippen molar-refractivity contribution in [1.82, 2.24) is 9.80 Å². The fraction of sp³-hybridized carbons (Fsp3) is 0.292. The molecule has 0 radical (unpaired) electrons. The molecule has 2 amide bonds. The van der Waals surface area contributed by atoms with Crippen LogP contribution in [0, 0.1) is 0 Å². The molecule has 7 heteroatoms. The van der Waals surface area contributed by atoms with Crippen molar-refractivity contribution in [2.45, 2.75) is 32.2 Å². The number of carbonyl (C=O) groups excluding carboxylic acids is 2. The van der Waals surface area contributed by atoms with Crippen LogP contribution in [0.4, 0.5) is 0 Å². The Balaban J connectivity index is 1.40. The number of benzene rings is 2. The van der Waals surface area contributed by atoms with Gasteiger partial charge < -0.3 is 4.90 Å². The summed E-state index contributed by atoms with van der Waals surface area (Å²) >= 11 is 12.6. The quantitative estimate of drug-likeness (QED) is 0.264. The summed E-state index contributed by atoms with van der Waals surface area (Å²) in [4.78, 5) is 29.1. The highest BCUT2D eigenvalue weighted by Crippen LogP contribution is 2.33.